The molecule has 2 bridgehead atoms. The summed E-state index contributed by atoms with van der Waals surface area (Å²) in [5, 5.41) is 3.23. The maximum absolute atomic E-state index is 13.8. The van der Waals surface area contributed by atoms with Gasteiger partial charge in [0.25, 0.3) is 0 Å². The van der Waals surface area contributed by atoms with E-state index in [1.807, 2.05) is 25.1 Å². The van der Waals surface area contributed by atoms with Crippen molar-refractivity contribution in [3.05, 3.63) is 64.2 Å². The lowest BCUT2D eigenvalue weighted by atomic mass is 9.55. The first-order chi connectivity index (χ1) is 18.2. The number of hydrogen-bond donors (Lipinski definition) is 1. The molecule has 1 heterocycles. The molecule has 1 aliphatic heterocycles. The quantitative estimate of drug-likeness (QED) is 0.544. The molecule has 38 heavy (non-hydrogen) atoms. The number of amides is 1. The van der Waals surface area contributed by atoms with Crippen LogP contribution in [0.4, 0.5) is 0 Å². The summed E-state index contributed by atoms with van der Waals surface area (Å²) in [7, 11) is 1.66. The Labute approximate surface area is 226 Å². The molecule has 6 nitrogen and oxygen atoms in total. The Morgan fingerprint density at radius 2 is 1.92 bits per heavy atom. The van der Waals surface area contributed by atoms with Crippen LogP contribution >= 0.6 is 0 Å². The van der Waals surface area contributed by atoms with E-state index in [-0.39, 0.29) is 29.3 Å². The van der Waals surface area contributed by atoms with E-state index in [9.17, 15) is 9.59 Å². The van der Waals surface area contributed by atoms with Crippen molar-refractivity contribution in [3.8, 4) is 5.75 Å². The molecule has 1 unspecified atom stereocenters. The first-order valence-corrected chi connectivity index (χ1v) is 14.2. The number of piperidine rings is 1. The molecule has 3 fully saturated rings. The molecule has 1 amide bonds. The van der Waals surface area contributed by atoms with Gasteiger partial charge in [-0.3, -0.25) is 14.5 Å². The molecule has 2 aromatic rings. The molecular formula is C32H40N2O4. The van der Waals surface area contributed by atoms with E-state index < -0.39 is 5.60 Å². The lowest BCUT2D eigenvalue weighted by Gasteiger charge is -2.60. The van der Waals surface area contributed by atoms with E-state index in [2.05, 4.69) is 35.3 Å². The highest BCUT2D eigenvalue weighted by Crippen LogP contribution is 2.63. The molecular weight excluding hydrogens is 476 g/mol. The van der Waals surface area contributed by atoms with E-state index in [1.165, 1.54) is 36.5 Å². The van der Waals surface area contributed by atoms with Gasteiger partial charge in [-0.1, -0.05) is 29.8 Å². The minimum Gasteiger partial charge on any atom is -0.497 e. The Kier molecular flexibility index (Phi) is 6.29. The minimum atomic E-state index is -0.676. The first kappa shape index (κ1) is 25.4. The van der Waals surface area contributed by atoms with Crippen LogP contribution in [0, 0.1) is 25.7 Å². The standard InChI is InChI=1S/C32H40N2O4/c1-20-5-8-24-15-29-32(38-22(3)35)17-26(30(36)33-18-25-9-10-27(37-4)14-21(25)2)16-31(32,28(24)13-20)11-12-34(29)19-23-6-7-23/h5,8-10,13-14,23,26,29H,6-7,11-12,15-19H2,1-4H3,(H,33,36)/t26?,29-,31-,32-/m1/s1. The van der Waals surface area contributed by atoms with Crippen molar-refractivity contribution >= 4 is 11.9 Å². The summed E-state index contributed by atoms with van der Waals surface area (Å²) < 4.78 is 11.8. The van der Waals surface area contributed by atoms with Crippen LogP contribution < -0.4 is 10.1 Å². The Morgan fingerprint density at radius 3 is 2.63 bits per heavy atom. The highest BCUT2D eigenvalue weighted by Gasteiger charge is 2.70. The van der Waals surface area contributed by atoms with Gasteiger partial charge in [-0.2, -0.15) is 0 Å². The fourth-order valence-corrected chi connectivity index (χ4v) is 7.89. The molecule has 4 aliphatic rings. The van der Waals surface area contributed by atoms with Crippen molar-refractivity contribution in [2.24, 2.45) is 11.8 Å². The predicted molar refractivity (Wildman–Crippen MR) is 146 cm³/mol. The monoisotopic (exact) mass is 516 g/mol. The number of carbonyl (C=O) groups is 2. The fourth-order valence-electron chi connectivity index (χ4n) is 7.89. The lowest BCUT2D eigenvalue weighted by molar-refractivity contribution is -0.189. The van der Waals surface area contributed by atoms with Crippen molar-refractivity contribution in [1.29, 1.82) is 0 Å². The number of hydrogen-bond acceptors (Lipinski definition) is 5. The lowest BCUT2D eigenvalue weighted by Crippen LogP contribution is -2.70. The second-order valence-corrected chi connectivity index (χ2v) is 12.2. The third-order valence-corrected chi connectivity index (χ3v) is 9.84. The number of ether oxygens (including phenoxy) is 2. The molecule has 6 rings (SSSR count). The van der Waals surface area contributed by atoms with Gasteiger partial charge < -0.3 is 14.8 Å². The summed E-state index contributed by atoms with van der Waals surface area (Å²) >= 11 is 0. The second-order valence-electron chi connectivity index (χ2n) is 12.2. The molecule has 1 N–H and O–H groups in total. The molecule has 1 saturated heterocycles. The Morgan fingerprint density at radius 1 is 1.11 bits per heavy atom. The predicted octanol–water partition coefficient (Wildman–Crippen LogP) is 4.62. The minimum absolute atomic E-state index is 0.0594. The molecule has 3 aliphatic carbocycles. The second kappa shape index (κ2) is 9.41. The van der Waals surface area contributed by atoms with E-state index >= 15 is 0 Å². The van der Waals surface area contributed by atoms with Gasteiger partial charge in [-0.05, 0) is 92.8 Å². The zero-order valence-electron chi connectivity index (χ0n) is 23.1. The largest absolute Gasteiger partial charge is 0.497 e. The van der Waals surface area contributed by atoms with E-state index in [4.69, 9.17) is 9.47 Å². The smallest absolute Gasteiger partial charge is 0.303 e. The van der Waals surface area contributed by atoms with Crippen LogP contribution in [0.25, 0.3) is 0 Å². The average molecular weight is 517 g/mol. The van der Waals surface area contributed by atoms with Crippen molar-refractivity contribution in [2.45, 2.75) is 82.9 Å². The van der Waals surface area contributed by atoms with Crippen LogP contribution in [0.15, 0.2) is 36.4 Å². The first-order valence-electron chi connectivity index (χ1n) is 14.2. The van der Waals surface area contributed by atoms with Crippen LogP contribution in [0.2, 0.25) is 0 Å². The van der Waals surface area contributed by atoms with Gasteiger partial charge in [0.15, 0.2) is 0 Å². The topological polar surface area (TPSA) is 67.9 Å². The number of nitrogens with one attached hydrogen (secondary N) is 1. The van der Waals surface area contributed by atoms with Crippen LogP contribution in [-0.2, 0) is 32.7 Å². The van der Waals surface area contributed by atoms with E-state index in [1.54, 1.807) is 7.11 Å². The summed E-state index contributed by atoms with van der Waals surface area (Å²) in [6.45, 7) is 8.25. The summed E-state index contributed by atoms with van der Waals surface area (Å²) in [6.07, 6.45) is 5.68. The molecule has 6 heteroatoms. The van der Waals surface area contributed by atoms with Crippen LogP contribution in [0.3, 0.4) is 0 Å². The number of likely N-dealkylation sites (tertiary alicyclic amines) is 1. The van der Waals surface area contributed by atoms with Gasteiger partial charge in [0.1, 0.15) is 11.4 Å². The molecule has 2 aromatic carbocycles. The van der Waals surface area contributed by atoms with Gasteiger partial charge >= 0.3 is 5.97 Å². The Balaban J connectivity index is 1.34. The van der Waals surface area contributed by atoms with Crippen LogP contribution in [0.1, 0.15) is 66.8 Å². The van der Waals surface area contributed by atoms with Crippen molar-refractivity contribution in [3.63, 3.8) is 0 Å². The summed E-state index contributed by atoms with van der Waals surface area (Å²) in [5.41, 5.74) is 5.05. The number of methoxy groups -OCH3 is 1. The van der Waals surface area contributed by atoms with Crippen LogP contribution in [0.5, 0.6) is 5.75 Å². The van der Waals surface area contributed by atoms with Gasteiger partial charge in [-0.25, -0.2) is 0 Å². The number of nitrogens with zero attached hydrogens (tertiary/aromatic N) is 1. The molecule has 0 aromatic heterocycles. The number of carbonyl (C=O) groups excluding carboxylic acids is 2. The zero-order chi connectivity index (χ0) is 26.7. The number of aryl methyl sites for hydroxylation is 2. The SMILES string of the molecule is COc1ccc(CNC(=O)C2C[C@]34CCN(CC5CC5)[C@H](Cc5ccc(C)cc53)[C@]4(OC(C)=O)C2)c(C)c1. The highest BCUT2D eigenvalue weighted by atomic mass is 16.6. The van der Waals surface area contributed by atoms with Gasteiger partial charge in [0.2, 0.25) is 5.91 Å². The third-order valence-electron chi connectivity index (χ3n) is 9.84. The summed E-state index contributed by atoms with van der Waals surface area (Å²) in [4.78, 5) is 29.1. The van der Waals surface area contributed by atoms with Gasteiger partial charge in [0.05, 0.1) is 13.2 Å². The molecule has 2 saturated carbocycles. The normalized spacial score (nSPS) is 29.8. The number of benzene rings is 2. The molecule has 0 spiro atoms. The molecule has 0 radical (unpaired) electrons. The summed E-state index contributed by atoms with van der Waals surface area (Å²) in [6, 6.07) is 12.8. The fraction of sp³-hybridized carbons (Fsp3) is 0.562. The number of fused-ring (bicyclic) bond motifs is 1. The highest BCUT2D eigenvalue weighted by molar-refractivity contribution is 5.80. The number of esters is 1. The van der Waals surface area contributed by atoms with Gasteiger partial charge in [0, 0.05) is 37.8 Å². The van der Waals surface area contributed by atoms with Crippen molar-refractivity contribution < 1.29 is 19.1 Å². The Hall–Kier alpha value is -2.86. The van der Waals surface area contributed by atoms with E-state index in [0.29, 0.717) is 13.0 Å². The third kappa shape index (κ3) is 4.12. The molecule has 4 atom stereocenters. The van der Waals surface area contributed by atoms with Gasteiger partial charge in [-0.15, -0.1) is 0 Å². The average Bonchev–Trinajstić information content (AvgIpc) is 3.63. The number of rotatable bonds is 7. The molecule has 202 valence electrons. The van der Waals surface area contributed by atoms with Crippen LogP contribution in [-0.4, -0.2) is 48.6 Å². The Bertz CT molecular complexity index is 1270. The maximum Gasteiger partial charge on any atom is 0.303 e. The maximum atomic E-state index is 13.8. The van der Waals surface area contributed by atoms with E-state index in [0.717, 1.165) is 55.1 Å². The zero-order valence-corrected chi connectivity index (χ0v) is 23.1. The summed E-state index contributed by atoms with van der Waals surface area (Å²) in [5.74, 6) is 1.19. The van der Waals surface area contributed by atoms with Crippen molar-refractivity contribution in [2.75, 3.05) is 20.2 Å². The van der Waals surface area contributed by atoms with Crippen molar-refractivity contribution in [1.82, 2.24) is 10.2 Å².